The minimum atomic E-state index is 0.796. The molecule has 1 aliphatic rings. The number of fused-ring (bicyclic) bond motifs is 5. The predicted octanol–water partition coefficient (Wildman–Crippen LogP) is 2.46. The molecule has 3 aromatic rings. The summed E-state index contributed by atoms with van der Waals surface area (Å²) >= 11 is 1.83. The molecule has 0 saturated carbocycles. The summed E-state index contributed by atoms with van der Waals surface area (Å²) in [7, 11) is 0. The summed E-state index contributed by atoms with van der Waals surface area (Å²) in [4.78, 5) is 11.5. The quantitative estimate of drug-likeness (QED) is 0.610. The average molecular weight is 244 g/mol. The summed E-state index contributed by atoms with van der Waals surface area (Å²) in [6.45, 7) is 2.33. The van der Waals surface area contributed by atoms with Crippen molar-refractivity contribution in [2.45, 2.75) is 26.2 Å². The van der Waals surface area contributed by atoms with Crippen LogP contribution in [0.15, 0.2) is 12.7 Å². The third-order valence-electron chi connectivity index (χ3n) is 3.57. The van der Waals surface area contributed by atoms with E-state index in [1.165, 1.54) is 28.7 Å². The molecule has 17 heavy (non-hydrogen) atoms. The van der Waals surface area contributed by atoms with E-state index in [9.17, 15) is 0 Å². The van der Waals surface area contributed by atoms with E-state index in [0.717, 1.165) is 22.8 Å². The van der Waals surface area contributed by atoms with Crippen LogP contribution in [-0.2, 0) is 12.8 Å². The molecule has 0 spiro atoms. The Hall–Kier alpha value is -1.49. The third-order valence-corrected chi connectivity index (χ3v) is 4.74. The highest BCUT2D eigenvalue weighted by atomic mass is 32.1. The molecule has 0 aliphatic heterocycles. The van der Waals surface area contributed by atoms with Gasteiger partial charge in [-0.05, 0) is 30.7 Å². The molecule has 0 radical (unpaired) electrons. The van der Waals surface area contributed by atoms with Crippen molar-refractivity contribution in [2.75, 3.05) is 0 Å². The molecule has 1 aliphatic carbocycles. The van der Waals surface area contributed by atoms with E-state index >= 15 is 0 Å². The molecule has 5 heteroatoms. The van der Waals surface area contributed by atoms with E-state index in [4.69, 9.17) is 0 Å². The van der Waals surface area contributed by atoms with Gasteiger partial charge in [0.15, 0.2) is 5.65 Å². The minimum Gasteiger partial charge on any atom is -0.225 e. The normalized spacial score (nSPS) is 19.9. The Kier molecular flexibility index (Phi) is 1.83. The summed E-state index contributed by atoms with van der Waals surface area (Å²) in [5.74, 6) is 0.796. The fourth-order valence-corrected chi connectivity index (χ4v) is 4.02. The lowest BCUT2D eigenvalue weighted by atomic mass is 9.89. The minimum absolute atomic E-state index is 0.796. The van der Waals surface area contributed by atoms with Gasteiger partial charge in [-0.1, -0.05) is 6.92 Å². The summed E-state index contributed by atoms with van der Waals surface area (Å²) in [5.41, 5.74) is 2.43. The molecular weight excluding hydrogens is 232 g/mol. The highest BCUT2D eigenvalue weighted by Gasteiger charge is 2.22. The zero-order valence-electron chi connectivity index (χ0n) is 9.55. The molecule has 3 aromatic heterocycles. The number of hydrogen-bond donors (Lipinski definition) is 0. The number of nitrogens with zero attached hydrogens (tertiary/aromatic N) is 4. The van der Waals surface area contributed by atoms with Crippen molar-refractivity contribution >= 4 is 27.2 Å². The second kappa shape index (κ2) is 3.26. The topological polar surface area (TPSA) is 43.1 Å². The van der Waals surface area contributed by atoms with Crippen LogP contribution in [-0.4, -0.2) is 19.6 Å². The smallest absolute Gasteiger partial charge is 0.167 e. The monoisotopic (exact) mass is 244 g/mol. The first-order chi connectivity index (χ1) is 8.33. The number of aryl methyl sites for hydroxylation is 1. The summed E-state index contributed by atoms with van der Waals surface area (Å²) in [6, 6.07) is 0. The van der Waals surface area contributed by atoms with Crippen LogP contribution in [0.4, 0.5) is 0 Å². The Morgan fingerprint density at radius 1 is 1.41 bits per heavy atom. The van der Waals surface area contributed by atoms with E-state index in [0.29, 0.717) is 0 Å². The third kappa shape index (κ3) is 1.26. The average Bonchev–Trinajstić information content (AvgIpc) is 2.89. The Bertz CT molecular complexity index is 712. The second-order valence-corrected chi connectivity index (χ2v) is 5.89. The van der Waals surface area contributed by atoms with Crippen molar-refractivity contribution in [2.24, 2.45) is 5.92 Å². The first-order valence-corrected chi connectivity index (χ1v) is 6.73. The second-order valence-electron chi connectivity index (χ2n) is 4.80. The predicted molar refractivity (Wildman–Crippen MR) is 67.4 cm³/mol. The van der Waals surface area contributed by atoms with E-state index in [1.54, 1.807) is 17.2 Å². The number of rotatable bonds is 0. The number of aromatic nitrogens is 4. The molecule has 0 fully saturated rings. The van der Waals surface area contributed by atoms with E-state index < -0.39 is 0 Å². The van der Waals surface area contributed by atoms with Gasteiger partial charge in [0.25, 0.3) is 0 Å². The Morgan fingerprint density at radius 2 is 2.35 bits per heavy atom. The highest BCUT2D eigenvalue weighted by Crippen LogP contribution is 2.38. The van der Waals surface area contributed by atoms with E-state index in [1.807, 2.05) is 11.3 Å². The van der Waals surface area contributed by atoms with Crippen molar-refractivity contribution in [3.05, 3.63) is 23.1 Å². The Morgan fingerprint density at radius 3 is 3.29 bits per heavy atom. The van der Waals surface area contributed by atoms with Gasteiger partial charge in [-0.2, -0.15) is 5.10 Å². The van der Waals surface area contributed by atoms with Crippen LogP contribution in [0.5, 0.6) is 0 Å². The maximum Gasteiger partial charge on any atom is 0.167 e. The van der Waals surface area contributed by atoms with Gasteiger partial charge < -0.3 is 0 Å². The lowest BCUT2D eigenvalue weighted by molar-refractivity contribution is 0.509. The molecule has 0 N–H and O–H groups in total. The van der Waals surface area contributed by atoms with Crippen LogP contribution >= 0.6 is 11.3 Å². The van der Waals surface area contributed by atoms with Gasteiger partial charge >= 0.3 is 0 Å². The molecule has 3 heterocycles. The molecule has 0 aromatic carbocycles. The van der Waals surface area contributed by atoms with Crippen LogP contribution in [0.2, 0.25) is 0 Å². The molecule has 0 saturated heterocycles. The fraction of sp³-hybridized carbons (Fsp3) is 0.417. The van der Waals surface area contributed by atoms with Crippen LogP contribution in [0.1, 0.15) is 23.8 Å². The maximum atomic E-state index is 4.49. The van der Waals surface area contributed by atoms with Gasteiger partial charge in [-0.3, -0.25) is 0 Å². The molecule has 4 nitrogen and oxygen atoms in total. The Balaban J connectivity index is 2.12. The van der Waals surface area contributed by atoms with Crippen molar-refractivity contribution in [1.29, 1.82) is 0 Å². The molecule has 0 amide bonds. The largest absolute Gasteiger partial charge is 0.225 e. The lowest BCUT2D eigenvalue weighted by Crippen LogP contribution is -2.08. The Labute approximate surface area is 102 Å². The molecule has 1 atom stereocenters. The number of thiophene rings is 1. The fourth-order valence-electron chi connectivity index (χ4n) is 2.68. The molecule has 86 valence electrons. The number of hydrogen-bond acceptors (Lipinski definition) is 4. The van der Waals surface area contributed by atoms with Gasteiger partial charge in [0.1, 0.15) is 17.5 Å². The zero-order valence-corrected chi connectivity index (χ0v) is 10.4. The lowest BCUT2D eigenvalue weighted by Gasteiger charge is -2.17. The van der Waals surface area contributed by atoms with Crippen LogP contribution in [0.25, 0.3) is 15.9 Å². The van der Waals surface area contributed by atoms with Gasteiger partial charge in [0, 0.05) is 4.88 Å². The van der Waals surface area contributed by atoms with Gasteiger partial charge in [-0.15, -0.1) is 11.3 Å². The first kappa shape index (κ1) is 9.53. The summed E-state index contributed by atoms with van der Waals surface area (Å²) in [5, 5.41) is 5.39. The summed E-state index contributed by atoms with van der Waals surface area (Å²) in [6.07, 6.45) is 6.98. The van der Waals surface area contributed by atoms with Crippen molar-refractivity contribution in [3.63, 3.8) is 0 Å². The SMILES string of the molecule is CC1CCc2c(sc3ncn4ncnc4c23)C1. The highest BCUT2D eigenvalue weighted by molar-refractivity contribution is 7.19. The van der Waals surface area contributed by atoms with Crippen LogP contribution in [0, 0.1) is 5.92 Å². The van der Waals surface area contributed by atoms with Gasteiger partial charge in [0.05, 0.1) is 5.39 Å². The zero-order chi connectivity index (χ0) is 11.4. The molecule has 1 unspecified atom stereocenters. The van der Waals surface area contributed by atoms with E-state index in [2.05, 4.69) is 22.0 Å². The molecule has 0 bridgehead atoms. The van der Waals surface area contributed by atoms with Crippen molar-refractivity contribution in [3.8, 4) is 0 Å². The van der Waals surface area contributed by atoms with Crippen LogP contribution < -0.4 is 0 Å². The molecular formula is C12H12N4S. The standard InChI is InChI=1S/C12H12N4S/c1-7-2-3-8-9(4-7)17-12-10(8)11-13-5-15-16(11)6-14-12/h5-7H,2-4H2,1H3. The van der Waals surface area contributed by atoms with Gasteiger partial charge in [0.2, 0.25) is 0 Å². The van der Waals surface area contributed by atoms with Crippen molar-refractivity contribution < 1.29 is 0 Å². The first-order valence-electron chi connectivity index (χ1n) is 5.91. The maximum absolute atomic E-state index is 4.49. The molecule has 4 rings (SSSR count). The van der Waals surface area contributed by atoms with Crippen LogP contribution in [0.3, 0.4) is 0 Å². The van der Waals surface area contributed by atoms with E-state index in [-0.39, 0.29) is 0 Å². The van der Waals surface area contributed by atoms with Gasteiger partial charge in [-0.25, -0.2) is 14.5 Å². The van der Waals surface area contributed by atoms with Crippen molar-refractivity contribution in [1.82, 2.24) is 19.6 Å². The summed E-state index contributed by atoms with van der Waals surface area (Å²) < 4.78 is 1.77.